The van der Waals surface area contributed by atoms with Gasteiger partial charge in [-0.2, -0.15) is 0 Å². The van der Waals surface area contributed by atoms with E-state index in [9.17, 15) is 4.79 Å². The van der Waals surface area contributed by atoms with Gasteiger partial charge >= 0.3 is 0 Å². The van der Waals surface area contributed by atoms with Gasteiger partial charge in [0.1, 0.15) is 5.78 Å². The zero-order valence-corrected chi connectivity index (χ0v) is 4.75. The van der Waals surface area contributed by atoms with E-state index in [4.69, 9.17) is 23.9 Å². The van der Waals surface area contributed by atoms with Crippen molar-refractivity contribution in [3.05, 3.63) is 0 Å². The molecule has 0 spiro atoms. The lowest BCUT2D eigenvalue weighted by Gasteiger charge is -1.89. The minimum absolute atomic E-state index is 0.909. The summed E-state index contributed by atoms with van der Waals surface area (Å²) in [6.07, 6.45) is -9.73. The molecule has 0 aromatic heterocycles. The van der Waals surface area contributed by atoms with Gasteiger partial charge in [0.25, 0.3) is 0 Å². The number of hydrogen-bond donors (Lipinski definition) is 0. The fourth-order valence-corrected chi connectivity index (χ4v) is 0.201. The number of alkyl halides is 1. The summed E-state index contributed by atoms with van der Waals surface area (Å²) in [5.41, 5.74) is 0. The first-order valence-corrected chi connectivity index (χ1v) is 2.36. The highest BCUT2D eigenvalue weighted by atomic mass is 35.5. The van der Waals surface area contributed by atoms with Gasteiger partial charge in [-0.3, -0.25) is 0 Å². The predicted molar refractivity (Wildman–Crippen MR) is 35.3 cm³/mol. The maximum atomic E-state index is 11.3. The molecule has 1 nitrogen and oxygen atoms in total. The minimum atomic E-state index is -3.50. The number of halogens is 1. The zero-order valence-electron chi connectivity index (χ0n) is 13.0. The van der Waals surface area contributed by atoms with Crippen LogP contribution in [0.2, 0.25) is 0 Å². The molecule has 0 bridgehead atoms. The first-order chi connectivity index (χ1) is 7.22. The van der Waals surface area contributed by atoms with Crippen molar-refractivity contribution in [2.24, 2.45) is 0 Å². The molecule has 0 aliphatic carbocycles. The molecule has 0 aromatic rings. The van der Waals surface area contributed by atoms with E-state index in [-0.39, 0.29) is 0 Å². The summed E-state index contributed by atoms with van der Waals surface area (Å²) in [5.74, 6) is -2.89. The summed E-state index contributed by atoms with van der Waals surface area (Å²) in [5, 5.41) is 0. The van der Waals surface area contributed by atoms with Crippen LogP contribution in [0.5, 0.6) is 0 Å². The maximum Gasteiger partial charge on any atom is 0.129 e. The molecule has 0 saturated carbocycles. The Morgan fingerprint density at radius 1 is 1.88 bits per heavy atom. The van der Waals surface area contributed by atoms with Crippen molar-refractivity contribution >= 4 is 17.4 Å². The molecule has 0 atom stereocenters. The Hall–Kier alpha value is -0.0400. The first-order valence-electron chi connectivity index (χ1n) is 6.32. The summed E-state index contributed by atoms with van der Waals surface area (Å²) in [6.45, 7) is -3.35. The Morgan fingerprint density at radius 2 is 2.62 bits per heavy atom. The summed E-state index contributed by atoms with van der Waals surface area (Å²) in [7, 11) is 0. The van der Waals surface area contributed by atoms with Gasteiger partial charge in [-0.25, -0.2) is 0 Å². The monoisotopic (exact) mass is 143 g/mol. The lowest BCUT2D eigenvalue weighted by atomic mass is 10.2. The third-order valence-corrected chi connectivity index (χ3v) is 0.465. The van der Waals surface area contributed by atoms with Crippen molar-refractivity contribution in [1.29, 1.82) is 0 Å². The summed E-state index contributed by atoms with van der Waals surface area (Å²) < 4.78 is 63.8. The molecule has 0 N–H and O–H groups in total. The van der Waals surface area contributed by atoms with Gasteiger partial charge in [0.2, 0.25) is 0 Å². The molecular formula is C6H11ClO. The summed E-state index contributed by atoms with van der Waals surface area (Å²) in [4.78, 5) is 11.3. The molecule has 0 amide bonds. The Balaban J connectivity index is 5.54. The van der Waals surface area contributed by atoms with E-state index in [0.29, 0.717) is 0 Å². The standard InChI is InChI=1S/C6H11ClO/c1-6(8)4-2-3-5-7/h2-5H2,1H3/i1D3,2D2,3D2,4D2. The van der Waals surface area contributed by atoms with Crippen molar-refractivity contribution in [2.75, 3.05) is 5.88 Å². The topological polar surface area (TPSA) is 17.1 Å². The van der Waals surface area contributed by atoms with E-state index < -0.39 is 37.6 Å². The molecule has 0 rings (SSSR count). The highest BCUT2D eigenvalue weighted by molar-refractivity contribution is 6.17. The molecule has 0 aliphatic rings. The van der Waals surface area contributed by atoms with E-state index >= 15 is 0 Å². The number of rotatable bonds is 4. The van der Waals surface area contributed by atoms with Crippen molar-refractivity contribution in [2.45, 2.75) is 26.0 Å². The van der Waals surface area contributed by atoms with Crippen LogP contribution in [0.1, 0.15) is 38.3 Å². The van der Waals surface area contributed by atoms with Crippen molar-refractivity contribution in [3.8, 4) is 0 Å². The van der Waals surface area contributed by atoms with Crippen LogP contribution in [0, 0.1) is 0 Å². The second-order valence-electron chi connectivity index (χ2n) is 0.890. The highest BCUT2D eigenvalue weighted by Crippen LogP contribution is 1.96. The predicted octanol–water partition coefficient (Wildman–Crippen LogP) is 1.98. The maximum absolute atomic E-state index is 11.3. The Bertz CT molecular complexity index is 307. The van der Waals surface area contributed by atoms with Crippen molar-refractivity contribution in [3.63, 3.8) is 0 Å². The normalized spacial score (nSPS) is 32.9. The molecule has 0 fully saturated rings. The van der Waals surface area contributed by atoms with Crippen LogP contribution in [-0.2, 0) is 4.79 Å². The van der Waals surface area contributed by atoms with Crippen LogP contribution in [0.25, 0.3) is 0 Å². The van der Waals surface area contributed by atoms with Crippen molar-refractivity contribution < 1.29 is 17.1 Å². The second-order valence-corrected chi connectivity index (χ2v) is 1.16. The third-order valence-electron chi connectivity index (χ3n) is 0.331. The van der Waals surface area contributed by atoms with E-state index in [1.807, 2.05) is 0 Å². The molecule has 48 valence electrons. The van der Waals surface area contributed by atoms with E-state index in [0.717, 1.165) is 0 Å². The average Bonchev–Trinajstić information content (AvgIpc) is 2.14. The molecular weight excluding hydrogens is 124 g/mol. The van der Waals surface area contributed by atoms with Gasteiger partial charge in [-0.05, 0) is 19.6 Å². The molecule has 0 aliphatic heterocycles. The SMILES string of the molecule is [2H]C([2H])([2H])C(=O)C([2H])([2H])C([2H])([2H])C([2H])([2H])CCl. The number of Topliss-reactive ketones (excluding diaryl/α,β-unsaturated/α-hetero) is 1. The van der Waals surface area contributed by atoms with Crippen molar-refractivity contribution in [1.82, 2.24) is 0 Å². The van der Waals surface area contributed by atoms with E-state index in [1.54, 1.807) is 0 Å². The number of hydrogen-bond acceptors (Lipinski definition) is 1. The Labute approximate surface area is 67.7 Å². The third kappa shape index (κ3) is 5.96. The zero-order chi connectivity index (χ0) is 14.3. The lowest BCUT2D eigenvalue weighted by molar-refractivity contribution is -0.117. The molecule has 2 heteroatoms. The number of carbonyl (C=O) groups is 1. The van der Waals surface area contributed by atoms with Crippen LogP contribution in [0.15, 0.2) is 0 Å². The molecule has 0 saturated heterocycles. The first kappa shape index (κ1) is 1.51. The Morgan fingerprint density at radius 3 is 3.12 bits per heavy atom. The van der Waals surface area contributed by atoms with Gasteiger partial charge in [0.15, 0.2) is 0 Å². The molecule has 0 radical (unpaired) electrons. The van der Waals surface area contributed by atoms with Gasteiger partial charge in [-0.15, -0.1) is 11.6 Å². The molecule has 8 heavy (non-hydrogen) atoms. The van der Waals surface area contributed by atoms with Crippen LogP contribution >= 0.6 is 11.6 Å². The summed E-state index contributed by atoms with van der Waals surface area (Å²) in [6, 6.07) is 0. The number of carbonyl (C=O) groups excluding carboxylic acids is 1. The van der Waals surface area contributed by atoms with E-state index in [2.05, 4.69) is 0 Å². The largest absolute Gasteiger partial charge is 0.300 e. The fourth-order valence-electron chi connectivity index (χ4n) is 0.134. The van der Waals surface area contributed by atoms with Crippen LogP contribution < -0.4 is 0 Å². The number of ketones is 1. The lowest BCUT2D eigenvalue weighted by Crippen LogP contribution is -1.88. The van der Waals surface area contributed by atoms with Crippen LogP contribution in [0.3, 0.4) is 0 Å². The Kier molecular flexibility index (Phi) is 0.966. The van der Waals surface area contributed by atoms with Crippen LogP contribution in [0.4, 0.5) is 0 Å². The molecule has 0 aromatic carbocycles. The van der Waals surface area contributed by atoms with Crippen LogP contribution in [-0.4, -0.2) is 11.7 Å². The quantitative estimate of drug-likeness (QED) is 0.551. The average molecular weight is 144 g/mol. The van der Waals surface area contributed by atoms with Gasteiger partial charge in [0.05, 0.1) is 0 Å². The van der Waals surface area contributed by atoms with Gasteiger partial charge in [0, 0.05) is 24.6 Å². The summed E-state index contributed by atoms with van der Waals surface area (Å²) >= 11 is 5.17. The highest BCUT2D eigenvalue weighted by Gasteiger charge is 1.90. The molecule has 0 heterocycles. The second kappa shape index (κ2) is 5.10. The fraction of sp³-hybridized carbons (Fsp3) is 0.833. The van der Waals surface area contributed by atoms with Gasteiger partial charge < -0.3 is 4.79 Å². The minimum Gasteiger partial charge on any atom is -0.300 e. The smallest absolute Gasteiger partial charge is 0.129 e. The van der Waals surface area contributed by atoms with E-state index in [1.165, 1.54) is 0 Å². The molecule has 0 unspecified atom stereocenters. The van der Waals surface area contributed by atoms with Gasteiger partial charge in [-0.1, -0.05) is 0 Å².